The number of carbonyl (C=O) groups is 1. The van der Waals surface area contributed by atoms with E-state index in [0.29, 0.717) is 17.6 Å². The lowest BCUT2D eigenvalue weighted by Gasteiger charge is -2.08. The van der Waals surface area contributed by atoms with Crippen LogP contribution < -0.4 is 10.6 Å². The highest BCUT2D eigenvalue weighted by atomic mass is 16.1. The van der Waals surface area contributed by atoms with Gasteiger partial charge in [0.05, 0.1) is 22.1 Å². The molecule has 3 rings (SSSR count). The molecule has 2 aromatic carbocycles. The summed E-state index contributed by atoms with van der Waals surface area (Å²) in [5, 5.41) is 5.98. The Morgan fingerprint density at radius 2 is 1.68 bits per heavy atom. The molecule has 1 heterocycles. The van der Waals surface area contributed by atoms with Crippen molar-refractivity contribution in [1.29, 1.82) is 0 Å². The van der Waals surface area contributed by atoms with Crippen molar-refractivity contribution in [3.63, 3.8) is 0 Å². The predicted octanol–water partition coefficient (Wildman–Crippen LogP) is 2.12. The monoisotopic (exact) mass is 294 g/mol. The van der Waals surface area contributed by atoms with Gasteiger partial charge >= 0.3 is 0 Å². The highest BCUT2D eigenvalue weighted by Gasteiger charge is 2.12. The molecule has 0 aliphatic heterocycles. The zero-order valence-corrected chi connectivity index (χ0v) is 12.5. The van der Waals surface area contributed by atoms with Crippen LogP contribution in [-0.4, -0.2) is 36.0 Å². The number of fused-ring (bicyclic) bond motifs is 2. The molecule has 0 saturated carbocycles. The third kappa shape index (κ3) is 2.89. The average molecular weight is 294 g/mol. The molecule has 5 heteroatoms. The van der Waals surface area contributed by atoms with E-state index >= 15 is 0 Å². The van der Waals surface area contributed by atoms with Gasteiger partial charge in [-0.15, -0.1) is 0 Å². The Morgan fingerprint density at radius 1 is 0.955 bits per heavy atom. The molecule has 3 aromatic rings. The van der Waals surface area contributed by atoms with E-state index < -0.39 is 0 Å². The van der Waals surface area contributed by atoms with E-state index in [1.54, 1.807) is 6.07 Å². The summed E-state index contributed by atoms with van der Waals surface area (Å²) in [7, 11) is 1.90. The van der Waals surface area contributed by atoms with Gasteiger partial charge in [-0.2, -0.15) is 0 Å². The van der Waals surface area contributed by atoms with Crippen LogP contribution in [0.15, 0.2) is 42.5 Å². The molecule has 2 N–H and O–H groups in total. The molecule has 1 amide bonds. The third-order valence-electron chi connectivity index (χ3n) is 3.50. The quantitative estimate of drug-likeness (QED) is 0.559. The lowest BCUT2D eigenvalue weighted by atomic mass is 10.1. The lowest BCUT2D eigenvalue weighted by Crippen LogP contribution is -2.26. The van der Waals surface area contributed by atoms with Crippen LogP contribution in [0.25, 0.3) is 22.1 Å². The van der Waals surface area contributed by atoms with E-state index in [1.165, 1.54) is 0 Å². The van der Waals surface area contributed by atoms with Crippen LogP contribution in [0.5, 0.6) is 0 Å². The van der Waals surface area contributed by atoms with Crippen molar-refractivity contribution in [3.05, 3.63) is 48.0 Å². The molecule has 0 atom stereocenters. The minimum Gasteiger partial charge on any atom is -0.352 e. The zero-order valence-electron chi connectivity index (χ0n) is 12.5. The van der Waals surface area contributed by atoms with Crippen LogP contribution in [0.1, 0.15) is 16.8 Å². The summed E-state index contributed by atoms with van der Waals surface area (Å²) in [6, 6.07) is 13.2. The molecule has 0 saturated heterocycles. The maximum absolute atomic E-state index is 12.4. The van der Waals surface area contributed by atoms with Gasteiger partial charge in [0.25, 0.3) is 5.91 Å². The number of rotatable bonds is 5. The van der Waals surface area contributed by atoms with Crippen molar-refractivity contribution in [3.8, 4) is 0 Å². The zero-order chi connectivity index (χ0) is 15.4. The number of nitrogens with one attached hydrogen (secondary N) is 2. The van der Waals surface area contributed by atoms with Gasteiger partial charge in [0, 0.05) is 6.54 Å². The normalized spacial score (nSPS) is 11.0. The van der Waals surface area contributed by atoms with Gasteiger partial charge in [-0.25, -0.2) is 9.97 Å². The van der Waals surface area contributed by atoms with E-state index in [0.717, 1.165) is 29.5 Å². The van der Waals surface area contributed by atoms with Gasteiger partial charge in [-0.1, -0.05) is 18.2 Å². The Balaban J connectivity index is 1.95. The molecule has 0 aliphatic rings. The first kappa shape index (κ1) is 14.4. The van der Waals surface area contributed by atoms with E-state index in [2.05, 4.69) is 20.6 Å². The largest absolute Gasteiger partial charge is 0.352 e. The van der Waals surface area contributed by atoms with Crippen molar-refractivity contribution in [2.24, 2.45) is 0 Å². The van der Waals surface area contributed by atoms with Gasteiger partial charge in [-0.3, -0.25) is 4.79 Å². The number of para-hydroxylation sites is 3. The summed E-state index contributed by atoms with van der Waals surface area (Å²) in [4.78, 5) is 21.5. The number of amides is 1. The van der Waals surface area contributed by atoms with E-state index in [4.69, 9.17) is 0 Å². The molecule has 0 unspecified atom stereocenters. The molecular weight excluding hydrogens is 276 g/mol. The summed E-state index contributed by atoms with van der Waals surface area (Å²) < 4.78 is 0. The molecule has 5 nitrogen and oxygen atoms in total. The minimum atomic E-state index is -0.105. The molecule has 0 fully saturated rings. The molecule has 0 bridgehead atoms. The van der Waals surface area contributed by atoms with Crippen LogP contribution in [0, 0.1) is 0 Å². The van der Waals surface area contributed by atoms with Gasteiger partial charge < -0.3 is 10.6 Å². The number of aromatic nitrogens is 2. The van der Waals surface area contributed by atoms with Crippen molar-refractivity contribution < 1.29 is 4.79 Å². The maximum Gasteiger partial charge on any atom is 0.253 e. The van der Waals surface area contributed by atoms with Crippen molar-refractivity contribution >= 4 is 28.0 Å². The van der Waals surface area contributed by atoms with Crippen LogP contribution in [-0.2, 0) is 0 Å². The standard InChI is InChI=1S/C17H18N4O/c1-18-10-5-11-19-17(22)12-6-4-9-15-16(12)21-14-8-3-2-7-13(14)20-15/h2-4,6-9,18H,5,10-11H2,1H3,(H,19,22). The SMILES string of the molecule is CNCCCNC(=O)c1cccc2nc3ccccc3nc12. The van der Waals surface area contributed by atoms with Gasteiger partial charge in [0.2, 0.25) is 0 Å². The molecule has 112 valence electrons. The van der Waals surface area contributed by atoms with Gasteiger partial charge in [0.15, 0.2) is 0 Å². The van der Waals surface area contributed by atoms with Crippen molar-refractivity contribution in [2.45, 2.75) is 6.42 Å². The summed E-state index contributed by atoms with van der Waals surface area (Å²) in [6.07, 6.45) is 0.890. The van der Waals surface area contributed by atoms with E-state index in [9.17, 15) is 4.79 Å². The maximum atomic E-state index is 12.4. The fourth-order valence-corrected chi connectivity index (χ4v) is 2.39. The second-order valence-electron chi connectivity index (χ2n) is 5.10. The Labute approximate surface area is 128 Å². The number of benzene rings is 2. The Bertz CT molecular complexity index is 816. The topological polar surface area (TPSA) is 66.9 Å². The van der Waals surface area contributed by atoms with Crippen molar-refractivity contribution in [2.75, 3.05) is 20.1 Å². The summed E-state index contributed by atoms with van der Waals surface area (Å²) in [5.74, 6) is -0.105. The molecule has 1 aromatic heterocycles. The number of nitrogens with zero attached hydrogens (tertiary/aromatic N) is 2. The first-order valence-electron chi connectivity index (χ1n) is 7.38. The summed E-state index contributed by atoms with van der Waals surface area (Å²) in [6.45, 7) is 1.51. The van der Waals surface area contributed by atoms with Gasteiger partial charge in [0.1, 0.15) is 5.52 Å². The van der Waals surface area contributed by atoms with Gasteiger partial charge in [-0.05, 0) is 44.3 Å². The highest BCUT2D eigenvalue weighted by molar-refractivity contribution is 6.05. The van der Waals surface area contributed by atoms with Crippen LogP contribution in [0.2, 0.25) is 0 Å². The Hall–Kier alpha value is -2.53. The second kappa shape index (κ2) is 6.49. The minimum absolute atomic E-state index is 0.105. The molecule has 22 heavy (non-hydrogen) atoms. The van der Waals surface area contributed by atoms with Crippen LogP contribution in [0.3, 0.4) is 0 Å². The highest BCUT2D eigenvalue weighted by Crippen LogP contribution is 2.19. The third-order valence-corrected chi connectivity index (χ3v) is 3.50. The van der Waals surface area contributed by atoms with E-state index in [-0.39, 0.29) is 5.91 Å². The Morgan fingerprint density at radius 3 is 2.45 bits per heavy atom. The van der Waals surface area contributed by atoms with Crippen LogP contribution >= 0.6 is 0 Å². The number of hydrogen-bond acceptors (Lipinski definition) is 4. The van der Waals surface area contributed by atoms with Crippen LogP contribution in [0.4, 0.5) is 0 Å². The predicted molar refractivity (Wildman–Crippen MR) is 87.9 cm³/mol. The molecular formula is C17H18N4O. The summed E-state index contributed by atoms with van der Waals surface area (Å²) in [5.41, 5.74) is 3.58. The first-order valence-corrected chi connectivity index (χ1v) is 7.38. The first-order chi connectivity index (χ1) is 10.8. The fourth-order valence-electron chi connectivity index (χ4n) is 2.39. The fraction of sp³-hybridized carbons (Fsp3) is 0.235. The smallest absolute Gasteiger partial charge is 0.253 e. The lowest BCUT2D eigenvalue weighted by molar-refractivity contribution is 0.0955. The second-order valence-corrected chi connectivity index (χ2v) is 5.10. The summed E-state index contributed by atoms with van der Waals surface area (Å²) >= 11 is 0. The number of carbonyl (C=O) groups excluding carboxylic acids is 1. The molecule has 0 aliphatic carbocycles. The van der Waals surface area contributed by atoms with E-state index in [1.807, 2.05) is 43.4 Å². The molecule has 0 radical (unpaired) electrons. The van der Waals surface area contributed by atoms with Crippen molar-refractivity contribution in [1.82, 2.24) is 20.6 Å². The average Bonchev–Trinajstić information content (AvgIpc) is 2.56. The number of hydrogen-bond donors (Lipinski definition) is 2. The molecule has 0 spiro atoms. The Kier molecular flexibility index (Phi) is 4.25.